The Balaban J connectivity index is 0.00000210. The minimum absolute atomic E-state index is 0. The molecule has 4 rings (SSSR count). The number of hydrogen-bond acceptors (Lipinski definition) is 3. The summed E-state index contributed by atoms with van der Waals surface area (Å²) in [4.78, 5) is 2.61. The second kappa shape index (κ2) is 9.29. The minimum Gasteiger partial charge on any atom is -0.497 e. The summed E-state index contributed by atoms with van der Waals surface area (Å²) in [5, 5.41) is 2.47. The van der Waals surface area contributed by atoms with E-state index in [4.69, 9.17) is 9.15 Å². The summed E-state index contributed by atoms with van der Waals surface area (Å²) < 4.78 is 11.2. The summed E-state index contributed by atoms with van der Waals surface area (Å²) >= 11 is 0. The first kappa shape index (κ1) is 19.8. The predicted molar refractivity (Wildman–Crippen MR) is 113 cm³/mol. The number of nitrogens with zero attached hydrogens (tertiary/aromatic N) is 1. The van der Waals surface area contributed by atoms with Gasteiger partial charge >= 0.3 is 0 Å². The van der Waals surface area contributed by atoms with Crippen LogP contribution in [0.5, 0.6) is 5.75 Å². The second-order valence-electron chi connectivity index (χ2n) is 7.27. The van der Waals surface area contributed by atoms with E-state index in [2.05, 4.69) is 47.4 Å². The lowest BCUT2D eigenvalue weighted by molar-refractivity contribution is 0.204. The van der Waals surface area contributed by atoms with E-state index in [1.54, 1.807) is 7.11 Å². The molecule has 2 aromatic carbocycles. The third-order valence-corrected chi connectivity index (χ3v) is 5.54. The van der Waals surface area contributed by atoms with Crippen molar-refractivity contribution in [2.45, 2.75) is 31.6 Å². The summed E-state index contributed by atoms with van der Waals surface area (Å²) in [6, 6.07) is 17.0. The fourth-order valence-corrected chi connectivity index (χ4v) is 4.13. The van der Waals surface area contributed by atoms with Crippen LogP contribution in [-0.4, -0.2) is 31.6 Å². The first-order valence-electron chi connectivity index (χ1n) is 9.65. The molecular weight excluding hydrogens is 358 g/mol. The maximum absolute atomic E-state index is 5.79. The van der Waals surface area contributed by atoms with Crippen molar-refractivity contribution < 1.29 is 9.15 Å². The van der Waals surface area contributed by atoms with E-state index in [0.717, 1.165) is 37.4 Å². The number of piperidine rings is 1. The van der Waals surface area contributed by atoms with Crippen molar-refractivity contribution in [1.29, 1.82) is 0 Å². The molecule has 0 saturated carbocycles. The molecular formula is C23H28ClNO2. The molecule has 1 fully saturated rings. The van der Waals surface area contributed by atoms with E-state index in [0.29, 0.717) is 5.92 Å². The molecule has 0 radical (unpaired) electrons. The standard InChI is InChI=1S/C23H27NO2.ClH/c1-25-21-10-4-8-18(15-21)19-9-5-13-24(16-19)14-6-12-23-22-11-3-2-7-20(22)17-26-23;/h2-4,7-8,10-11,15,17,19H,5-6,9,12-14,16H2,1H3;1H. The summed E-state index contributed by atoms with van der Waals surface area (Å²) in [6.07, 6.45) is 6.57. The first-order valence-corrected chi connectivity index (χ1v) is 9.65. The second-order valence-corrected chi connectivity index (χ2v) is 7.27. The SMILES string of the molecule is COc1cccc(C2CCCN(CCCc3occ4ccccc34)C2)c1.Cl. The van der Waals surface area contributed by atoms with E-state index in [1.807, 2.05) is 12.3 Å². The van der Waals surface area contributed by atoms with Crippen molar-refractivity contribution in [3.63, 3.8) is 0 Å². The van der Waals surface area contributed by atoms with Gasteiger partial charge in [-0.15, -0.1) is 12.4 Å². The Labute approximate surface area is 167 Å². The fourth-order valence-electron chi connectivity index (χ4n) is 4.13. The number of halogens is 1. The van der Waals surface area contributed by atoms with Crippen LogP contribution in [0.25, 0.3) is 10.8 Å². The monoisotopic (exact) mass is 385 g/mol. The van der Waals surface area contributed by atoms with Gasteiger partial charge in [0, 0.05) is 23.7 Å². The Hall–Kier alpha value is -1.97. The third-order valence-electron chi connectivity index (χ3n) is 5.54. The number of methoxy groups -OCH3 is 1. The number of hydrogen-bond donors (Lipinski definition) is 0. The van der Waals surface area contributed by atoms with Gasteiger partial charge in [-0.3, -0.25) is 0 Å². The Kier molecular flexibility index (Phi) is 6.81. The molecule has 1 atom stereocenters. The fraction of sp³-hybridized carbons (Fsp3) is 0.391. The molecule has 0 aliphatic carbocycles. The zero-order valence-electron chi connectivity index (χ0n) is 15.9. The van der Waals surface area contributed by atoms with E-state index >= 15 is 0 Å². The lowest BCUT2D eigenvalue weighted by Gasteiger charge is -2.33. The van der Waals surface area contributed by atoms with Gasteiger partial charge in [0.25, 0.3) is 0 Å². The molecule has 1 saturated heterocycles. The van der Waals surface area contributed by atoms with E-state index in [-0.39, 0.29) is 12.4 Å². The number of benzene rings is 2. The normalized spacial score (nSPS) is 17.6. The highest BCUT2D eigenvalue weighted by Crippen LogP contribution is 2.29. The van der Waals surface area contributed by atoms with Crippen molar-refractivity contribution in [3.05, 3.63) is 66.1 Å². The molecule has 144 valence electrons. The average Bonchev–Trinajstić information content (AvgIpc) is 3.12. The maximum Gasteiger partial charge on any atom is 0.119 e. The molecule has 0 bridgehead atoms. The summed E-state index contributed by atoms with van der Waals surface area (Å²) in [7, 11) is 1.74. The zero-order valence-corrected chi connectivity index (χ0v) is 16.7. The van der Waals surface area contributed by atoms with E-state index < -0.39 is 0 Å². The van der Waals surface area contributed by atoms with Gasteiger partial charge in [0.15, 0.2) is 0 Å². The van der Waals surface area contributed by atoms with Crippen LogP contribution in [0.15, 0.2) is 59.2 Å². The van der Waals surface area contributed by atoms with Crippen LogP contribution in [0.1, 0.15) is 36.5 Å². The molecule has 1 aliphatic rings. The highest BCUT2D eigenvalue weighted by molar-refractivity contribution is 5.85. The molecule has 0 spiro atoms. The quantitative estimate of drug-likeness (QED) is 0.546. The van der Waals surface area contributed by atoms with Crippen LogP contribution in [-0.2, 0) is 6.42 Å². The van der Waals surface area contributed by atoms with Gasteiger partial charge in [0.05, 0.1) is 13.4 Å². The van der Waals surface area contributed by atoms with Gasteiger partial charge < -0.3 is 14.1 Å². The van der Waals surface area contributed by atoms with Gasteiger partial charge in [-0.05, 0) is 56.0 Å². The summed E-state index contributed by atoms with van der Waals surface area (Å²) in [5.41, 5.74) is 1.41. The largest absolute Gasteiger partial charge is 0.497 e. The van der Waals surface area contributed by atoms with Crippen molar-refractivity contribution in [3.8, 4) is 5.75 Å². The molecule has 1 aromatic heterocycles. The number of rotatable bonds is 6. The highest BCUT2D eigenvalue weighted by atomic mass is 35.5. The number of furan rings is 1. The molecule has 4 heteroatoms. The predicted octanol–water partition coefficient (Wildman–Crippen LogP) is 5.68. The molecule has 1 unspecified atom stereocenters. The Morgan fingerprint density at radius 2 is 2.04 bits per heavy atom. The van der Waals surface area contributed by atoms with E-state index in [9.17, 15) is 0 Å². The van der Waals surface area contributed by atoms with Crippen molar-refractivity contribution >= 4 is 23.2 Å². The highest BCUT2D eigenvalue weighted by Gasteiger charge is 2.21. The topological polar surface area (TPSA) is 25.6 Å². The molecule has 1 aliphatic heterocycles. The van der Waals surface area contributed by atoms with Gasteiger partial charge in [0.1, 0.15) is 11.5 Å². The number of likely N-dealkylation sites (tertiary alicyclic amines) is 1. The number of aryl methyl sites for hydroxylation is 1. The maximum atomic E-state index is 5.79. The lowest BCUT2D eigenvalue weighted by atomic mass is 9.90. The third kappa shape index (κ3) is 4.66. The number of fused-ring (bicyclic) bond motifs is 1. The summed E-state index contributed by atoms with van der Waals surface area (Å²) in [6.45, 7) is 3.49. The zero-order chi connectivity index (χ0) is 17.8. The van der Waals surface area contributed by atoms with Crippen LogP contribution < -0.4 is 4.74 Å². The van der Waals surface area contributed by atoms with Crippen LogP contribution in [0.4, 0.5) is 0 Å². The van der Waals surface area contributed by atoms with Crippen molar-refractivity contribution in [1.82, 2.24) is 4.90 Å². The smallest absolute Gasteiger partial charge is 0.119 e. The van der Waals surface area contributed by atoms with Gasteiger partial charge in [-0.1, -0.05) is 36.4 Å². The summed E-state index contributed by atoms with van der Waals surface area (Å²) in [5.74, 6) is 2.70. The van der Waals surface area contributed by atoms with Crippen LogP contribution in [0.2, 0.25) is 0 Å². The average molecular weight is 386 g/mol. The molecule has 3 aromatic rings. The molecule has 27 heavy (non-hydrogen) atoms. The van der Waals surface area contributed by atoms with Crippen LogP contribution >= 0.6 is 12.4 Å². The molecule has 2 heterocycles. The van der Waals surface area contributed by atoms with Crippen molar-refractivity contribution in [2.24, 2.45) is 0 Å². The Morgan fingerprint density at radius 1 is 1.15 bits per heavy atom. The van der Waals surface area contributed by atoms with Crippen LogP contribution in [0, 0.1) is 0 Å². The van der Waals surface area contributed by atoms with Gasteiger partial charge in [-0.2, -0.15) is 0 Å². The first-order chi connectivity index (χ1) is 12.8. The number of ether oxygens (including phenoxy) is 1. The van der Waals surface area contributed by atoms with Gasteiger partial charge in [-0.25, -0.2) is 0 Å². The Morgan fingerprint density at radius 3 is 2.93 bits per heavy atom. The van der Waals surface area contributed by atoms with Gasteiger partial charge in [0.2, 0.25) is 0 Å². The minimum atomic E-state index is 0. The molecule has 0 N–H and O–H groups in total. The lowest BCUT2D eigenvalue weighted by Crippen LogP contribution is -2.35. The van der Waals surface area contributed by atoms with Crippen LogP contribution in [0.3, 0.4) is 0 Å². The van der Waals surface area contributed by atoms with Crippen molar-refractivity contribution in [2.75, 3.05) is 26.7 Å². The molecule has 0 amide bonds. The van der Waals surface area contributed by atoms with E-state index in [1.165, 1.54) is 35.7 Å². The molecule has 3 nitrogen and oxygen atoms in total. The Bertz CT molecular complexity index is 860.